The number of amides is 1. The Labute approximate surface area is 110 Å². The van der Waals surface area contributed by atoms with E-state index in [-0.39, 0.29) is 19.2 Å². The number of carbonyl (C=O) groups is 1. The Bertz CT molecular complexity index is 389. The standard InChI is InChI=1S/C10H13NO4.CHNS/c1-14-7-11-10(12)9-4-2-8(3-5-9)6-15-13;2-1-3/h2-5,13H,6-7H2,1H3,(H,11,12);2H. The molecule has 0 unspecified atom stereocenters. The Hall–Kier alpha value is -1.63. The van der Waals surface area contributed by atoms with E-state index in [4.69, 9.17) is 15.4 Å². The Morgan fingerprint density at radius 3 is 2.50 bits per heavy atom. The molecule has 0 radical (unpaired) electrons. The van der Waals surface area contributed by atoms with E-state index in [1.165, 1.54) is 7.11 Å². The van der Waals surface area contributed by atoms with Crippen LogP contribution < -0.4 is 5.32 Å². The summed E-state index contributed by atoms with van der Waals surface area (Å²) in [6.45, 7) is 0.292. The summed E-state index contributed by atoms with van der Waals surface area (Å²) >= 11 is 3.81. The highest BCUT2D eigenvalue weighted by atomic mass is 32.1. The number of benzene rings is 1. The smallest absolute Gasteiger partial charge is 0.253 e. The molecule has 0 aromatic heterocycles. The van der Waals surface area contributed by atoms with E-state index in [1.54, 1.807) is 29.4 Å². The van der Waals surface area contributed by atoms with Gasteiger partial charge in [0.05, 0.1) is 5.16 Å². The van der Waals surface area contributed by atoms with E-state index >= 15 is 0 Å². The molecule has 0 heterocycles. The van der Waals surface area contributed by atoms with E-state index in [0.717, 1.165) is 5.56 Å². The predicted octanol–water partition coefficient (Wildman–Crippen LogP) is 1.68. The van der Waals surface area contributed by atoms with Crippen molar-refractivity contribution in [3.63, 3.8) is 0 Å². The fraction of sp³-hybridized carbons (Fsp3) is 0.273. The lowest BCUT2D eigenvalue weighted by Crippen LogP contribution is -2.25. The number of nitrogens with one attached hydrogen (secondary N) is 2. The molecule has 1 aromatic rings. The van der Waals surface area contributed by atoms with Gasteiger partial charge in [0.25, 0.3) is 5.91 Å². The molecule has 7 heteroatoms. The molecule has 98 valence electrons. The van der Waals surface area contributed by atoms with Gasteiger partial charge in [0, 0.05) is 12.7 Å². The van der Waals surface area contributed by atoms with Crippen molar-refractivity contribution in [2.24, 2.45) is 0 Å². The van der Waals surface area contributed by atoms with Crippen molar-refractivity contribution in [3.05, 3.63) is 35.4 Å². The summed E-state index contributed by atoms with van der Waals surface area (Å²) in [5, 5.41) is 18.1. The van der Waals surface area contributed by atoms with Crippen molar-refractivity contribution in [1.29, 1.82) is 5.41 Å². The molecule has 0 atom stereocenters. The lowest BCUT2D eigenvalue weighted by Gasteiger charge is -2.04. The third kappa shape index (κ3) is 6.85. The predicted molar refractivity (Wildman–Crippen MR) is 68.5 cm³/mol. The molecule has 3 N–H and O–H groups in total. The summed E-state index contributed by atoms with van der Waals surface area (Å²) < 4.78 is 4.71. The zero-order valence-electron chi connectivity index (χ0n) is 9.80. The quantitative estimate of drug-likeness (QED) is 0.249. The van der Waals surface area contributed by atoms with Gasteiger partial charge in [-0.05, 0) is 29.9 Å². The van der Waals surface area contributed by atoms with Crippen LogP contribution in [0.25, 0.3) is 0 Å². The molecule has 0 saturated carbocycles. The number of thiocarbonyl (C=S) groups is 1. The number of carbonyl (C=O) groups excluding carboxylic acids is 1. The Morgan fingerprint density at radius 1 is 1.50 bits per heavy atom. The van der Waals surface area contributed by atoms with Crippen LogP contribution in [0.5, 0.6) is 0 Å². The maximum atomic E-state index is 11.4. The summed E-state index contributed by atoms with van der Waals surface area (Å²) in [5.74, 6) is -0.201. The first-order valence-corrected chi connectivity index (χ1v) is 5.26. The molecule has 0 bridgehead atoms. The van der Waals surface area contributed by atoms with E-state index in [9.17, 15) is 4.79 Å². The molecule has 0 spiro atoms. The molecular weight excluding hydrogens is 256 g/mol. The minimum atomic E-state index is -0.201. The Morgan fingerprint density at radius 2 is 2.06 bits per heavy atom. The number of hydrogen-bond acceptors (Lipinski definition) is 6. The molecule has 0 aliphatic rings. The van der Waals surface area contributed by atoms with Crippen LogP contribution in [0, 0.1) is 5.41 Å². The number of isothiocyanates is 1. The lowest BCUT2D eigenvalue weighted by atomic mass is 10.1. The van der Waals surface area contributed by atoms with Gasteiger partial charge in [0.1, 0.15) is 13.3 Å². The van der Waals surface area contributed by atoms with Gasteiger partial charge < -0.3 is 10.1 Å². The first kappa shape index (κ1) is 16.4. The van der Waals surface area contributed by atoms with Crippen molar-refractivity contribution in [3.8, 4) is 0 Å². The Kier molecular flexibility index (Phi) is 9.57. The highest BCUT2D eigenvalue weighted by molar-refractivity contribution is 7.78. The summed E-state index contributed by atoms with van der Waals surface area (Å²) in [7, 11) is 1.50. The SMILES string of the molecule is COCNC(=O)c1ccc(COO)cc1.N=C=S. The normalized spacial score (nSPS) is 8.78. The molecule has 1 rings (SSSR count). The molecule has 1 aromatic carbocycles. The number of ether oxygens (including phenoxy) is 1. The van der Waals surface area contributed by atoms with Gasteiger partial charge in [0.2, 0.25) is 0 Å². The van der Waals surface area contributed by atoms with Crippen molar-refractivity contribution in [2.45, 2.75) is 6.61 Å². The van der Waals surface area contributed by atoms with Crippen molar-refractivity contribution in [2.75, 3.05) is 13.8 Å². The van der Waals surface area contributed by atoms with Crippen molar-refractivity contribution < 1.29 is 19.7 Å². The average molecular weight is 270 g/mol. The molecule has 0 fully saturated rings. The van der Waals surface area contributed by atoms with Crippen LogP contribution in [0.1, 0.15) is 15.9 Å². The van der Waals surface area contributed by atoms with Crippen LogP contribution in [-0.4, -0.2) is 30.2 Å². The summed E-state index contributed by atoms with van der Waals surface area (Å²) in [6, 6.07) is 6.72. The average Bonchev–Trinajstić information content (AvgIpc) is 2.38. The first-order chi connectivity index (χ1) is 8.69. The van der Waals surface area contributed by atoms with E-state index in [1.807, 2.05) is 0 Å². The second kappa shape index (κ2) is 10.5. The molecule has 18 heavy (non-hydrogen) atoms. The zero-order valence-corrected chi connectivity index (χ0v) is 10.6. The molecular formula is C11H14N2O4S. The largest absolute Gasteiger partial charge is 0.364 e. The topological polar surface area (TPSA) is 91.6 Å². The first-order valence-electron chi connectivity index (χ1n) is 4.85. The molecule has 0 aliphatic heterocycles. The molecule has 0 saturated heterocycles. The van der Waals surface area contributed by atoms with Crippen LogP contribution in [0.4, 0.5) is 0 Å². The van der Waals surface area contributed by atoms with E-state index in [2.05, 4.69) is 22.4 Å². The number of rotatable bonds is 5. The monoisotopic (exact) mass is 270 g/mol. The zero-order chi connectivity index (χ0) is 13.8. The molecule has 6 nitrogen and oxygen atoms in total. The van der Waals surface area contributed by atoms with Gasteiger partial charge >= 0.3 is 0 Å². The Balaban J connectivity index is 0.000000873. The van der Waals surface area contributed by atoms with Crippen LogP contribution in [-0.2, 0) is 16.2 Å². The van der Waals surface area contributed by atoms with E-state index < -0.39 is 0 Å². The lowest BCUT2D eigenvalue weighted by molar-refractivity contribution is -0.253. The summed E-state index contributed by atoms with van der Waals surface area (Å²) in [6.07, 6.45) is 0. The van der Waals surface area contributed by atoms with Gasteiger partial charge in [-0.25, -0.2) is 10.3 Å². The fourth-order valence-electron chi connectivity index (χ4n) is 1.07. The van der Waals surface area contributed by atoms with Crippen LogP contribution in [0.3, 0.4) is 0 Å². The fourth-order valence-corrected chi connectivity index (χ4v) is 1.07. The number of methoxy groups -OCH3 is 1. The van der Waals surface area contributed by atoms with Gasteiger partial charge in [0.15, 0.2) is 0 Å². The molecule has 1 amide bonds. The maximum Gasteiger partial charge on any atom is 0.253 e. The summed E-state index contributed by atoms with van der Waals surface area (Å²) in [5.41, 5.74) is 1.33. The van der Waals surface area contributed by atoms with Gasteiger partial charge in [-0.3, -0.25) is 10.1 Å². The second-order valence-electron chi connectivity index (χ2n) is 3.01. The van der Waals surface area contributed by atoms with Crippen LogP contribution in [0.2, 0.25) is 0 Å². The van der Waals surface area contributed by atoms with E-state index in [0.29, 0.717) is 5.56 Å². The second-order valence-corrected chi connectivity index (χ2v) is 3.22. The highest BCUT2D eigenvalue weighted by Gasteiger charge is 2.03. The number of hydrogen-bond donors (Lipinski definition) is 3. The maximum absolute atomic E-state index is 11.4. The van der Waals surface area contributed by atoms with Crippen LogP contribution >= 0.6 is 12.2 Å². The molecule has 0 aliphatic carbocycles. The van der Waals surface area contributed by atoms with Gasteiger partial charge in [-0.15, -0.1) is 0 Å². The van der Waals surface area contributed by atoms with Gasteiger partial charge in [-0.2, -0.15) is 0 Å². The summed E-state index contributed by atoms with van der Waals surface area (Å²) in [4.78, 5) is 15.4. The van der Waals surface area contributed by atoms with Gasteiger partial charge in [-0.1, -0.05) is 12.1 Å². The van der Waals surface area contributed by atoms with Crippen molar-refractivity contribution >= 4 is 23.3 Å². The minimum Gasteiger partial charge on any atom is -0.364 e. The third-order valence-corrected chi connectivity index (χ3v) is 1.82. The highest BCUT2D eigenvalue weighted by Crippen LogP contribution is 2.05. The van der Waals surface area contributed by atoms with Crippen LogP contribution in [0.15, 0.2) is 24.3 Å². The third-order valence-electron chi connectivity index (χ3n) is 1.82. The van der Waals surface area contributed by atoms with Crippen molar-refractivity contribution in [1.82, 2.24) is 5.32 Å². The minimum absolute atomic E-state index is 0.111.